The minimum atomic E-state index is -0.956. The van der Waals surface area contributed by atoms with Crippen LogP contribution in [0.4, 0.5) is 0 Å². The van der Waals surface area contributed by atoms with Crippen LogP contribution in [0, 0.1) is 5.41 Å². The third-order valence-corrected chi connectivity index (χ3v) is 3.90. The maximum atomic E-state index is 11.2. The number of hydrogen-bond acceptors (Lipinski definition) is 4. The average Bonchev–Trinajstić information content (AvgIpc) is 2.50. The van der Waals surface area contributed by atoms with Crippen molar-refractivity contribution in [2.24, 2.45) is 11.1 Å². The van der Waals surface area contributed by atoms with Crippen molar-refractivity contribution >= 4 is 21.9 Å². The molecule has 20 heavy (non-hydrogen) atoms. The lowest BCUT2D eigenvalue weighted by Gasteiger charge is -2.19. The molecule has 2 rings (SSSR count). The van der Waals surface area contributed by atoms with Crippen LogP contribution in [-0.2, 0) is 4.79 Å². The van der Waals surface area contributed by atoms with E-state index in [1.165, 1.54) is 0 Å². The summed E-state index contributed by atoms with van der Waals surface area (Å²) in [6.07, 6.45) is 0. The summed E-state index contributed by atoms with van der Waals surface area (Å²) in [5, 5.41) is 9.22. The van der Waals surface area contributed by atoms with Crippen LogP contribution >= 0.6 is 15.9 Å². The number of ether oxygens (including phenoxy) is 2. The lowest BCUT2D eigenvalue weighted by Crippen LogP contribution is -2.26. The molecule has 1 aliphatic rings. The Morgan fingerprint density at radius 3 is 2.45 bits per heavy atom. The van der Waals surface area contributed by atoms with Gasteiger partial charge in [-0.1, -0.05) is 29.8 Å². The number of aliphatic carboxylic acids is 1. The van der Waals surface area contributed by atoms with Crippen molar-refractivity contribution in [2.45, 2.75) is 19.8 Å². The summed E-state index contributed by atoms with van der Waals surface area (Å²) >= 11 is 3.38. The van der Waals surface area contributed by atoms with Gasteiger partial charge in [0.2, 0.25) is 0 Å². The number of nitrogens with two attached hydrogens (primary N) is 1. The van der Waals surface area contributed by atoms with Crippen molar-refractivity contribution in [2.75, 3.05) is 19.8 Å². The fourth-order valence-corrected chi connectivity index (χ4v) is 2.59. The molecule has 1 aliphatic heterocycles. The van der Waals surface area contributed by atoms with E-state index >= 15 is 0 Å². The SMILES string of the molecule is CC1(C)COc2cc(Br)c(C(CN)C(=O)O)cc2OC1. The molecule has 1 heterocycles. The molecule has 110 valence electrons. The maximum Gasteiger partial charge on any atom is 0.312 e. The normalized spacial score (nSPS) is 18.2. The molecule has 5 nitrogen and oxygen atoms in total. The molecule has 1 unspecified atom stereocenters. The predicted molar refractivity (Wildman–Crippen MR) is 78.3 cm³/mol. The molecule has 0 saturated heterocycles. The van der Waals surface area contributed by atoms with Gasteiger partial charge in [-0.05, 0) is 17.7 Å². The first-order chi connectivity index (χ1) is 9.34. The third-order valence-electron chi connectivity index (χ3n) is 3.21. The Hall–Kier alpha value is -1.27. The van der Waals surface area contributed by atoms with Crippen LogP contribution in [0.2, 0.25) is 0 Å². The number of benzene rings is 1. The highest BCUT2D eigenvalue weighted by atomic mass is 79.9. The lowest BCUT2D eigenvalue weighted by atomic mass is 9.97. The topological polar surface area (TPSA) is 81.8 Å². The summed E-state index contributed by atoms with van der Waals surface area (Å²) in [6, 6.07) is 3.45. The molecule has 0 spiro atoms. The van der Waals surface area contributed by atoms with Crippen LogP contribution in [0.25, 0.3) is 0 Å². The molecule has 0 radical (unpaired) electrons. The number of carboxylic acids is 1. The van der Waals surface area contributed by atoms with Crippen molar-refractivity contribution < 1.29 is 19.4 Å². The number of halogens is 1. The molecular weight excluding hydrogens is 326 g/mol. The van der Waals surface area contributed by atoms with Gasteiger partial charge in [-0.25, -0.2) is 0 Å². The van der Waals surface area contributed by atoms with Crippen LogP contribution in [0.5, 0.6) is 11.5 Å². The highest BCUT2D eigenvalue weighted by Gasteiger charge is 2.28. The molecule has 0 saturated carbocycles. The van der Waals surface area contributed by atoms with Crippen LogP contribution in [-0.4, -0.2) is 30.8 Å². The standard InChI is InChI=1S/C14H18BrNO4/c1-14(2)6-19-11-3-8(9(5-16)13(17)18)10(15)4-12(11)20-7-14/h3-4,9H,5-7,16H2,1-2H3,(H,17,18). The second-order valence-electron chi connectivity index (χ2n) is 5.69. The Morgan fingerprint density at radius 1 is 1.40 bits per heavy atom. The third kappa shape index (κ3) is 3.07. The summed E-state index contributed by atoms with van der Waals surface area (Å²) in [7, 11) is 0. The second-order valence-corrected chi connectivity index (χ2v) is 6.54. The second kappa shape index (κ2) is 5.61. The fourth-order valence-electron chi connectivity index (χ4n) is 1.99. The van der Waals surface area contributed by atoms with Gasteiger partial charge >= 0.3 is 5.97 Å². The highest BCUT2D eigenvalue weighted by molar-refractivity contribution is 9.10. The van der Waals surface area contributed by atoms with Crippen LogP contribution in [0.15, 0.2) is 16.6 Å². The van der Waals surface area contributed by atoms with E-state index in [4.69, 9.17) is 15.2 Å². The molecule has 1 aromatic rings. The van der Waals surface area contributed by atoms with Gasteiger partial charge in [0.25, 0.3) is 0 Å². The Balaban J connectivity index is 2.40. The zero-order valence-electron chi connectivity index (χ0n) is 11.5. The molecule has 0 bridgehead atoms. The van der Waals surface area contributed by atoms with Crippen molar-refractivity contribution in [3.63, 3.8) is 0 Å². The molecule has 0 fully saturated rings. The van der Waals surface area contributed by atoms with Crippen LogP contribution in [0.1, 0.15) is 25.3 Å². The Morgan fingerprint density at radius 2 is 1.95 bits per heavy atom. The van der Waals surface area contributed by atoms with E-state index in [9.17, 15) is 9.90 Å². The van der Waals surface area contributed by atoms with Gasteiger partial charge < -0.3 is 20.3 Å². The molecule has 1 aromatic carbocycles. The van der Waals surface area contributed by atoms with Crippen LogP contribution < -0.4 is 15.2 Å². The van der Waals surface area contributed by atoms with Crippen molar-refractivity contribution in [1.82, 2.24) is 0 Å². The number of carboxylic acid groups (broad SMARTS) is 1. The predicted octanol–water partition coefficient (Wildman–Crippen LogP) is 2.37. The number of hydrogen-bond donors (Lipinski definition) is 2. The Labute approximate surface area is 126 Å². The number of carbonyl (C=O) groups is 1. The first kappa shape index (κ1) is 15.1. The summed E-state index contributed by atoms with van der Waals surface area (Å²) in [5.41, 5.74) is 6.06. The van der Waals surface area contributed by atoms with Gasteiger partial charge in [0.15, 0.2) is 11.5 Å². The monoisotopic (exact) mass is 343 g/mol. The quantitative estimate of drug-likeness (QED) is 0.880. The van der Waals surface area contributed by atoms with Gasteiger partial charge in [-0.2, -0.15) is 0 Å². The highest BCUT2D eigenvalue weighted by Crippen LogP contribution is 2.39. The van der Waals surface area contributed by atoms with E-state index in [1.807, 2.05) is 0 Å². The Bertz CT molecular complexity index is 530. The zero-order valence-corrected chi connectivity index (χ0v) is 13.1. The lowest BCUT2D eigenvalue weighted by molar-refractivity contribution is -0.138. The van der Waals surface area contributed by atoms with E-state index in [2.05, 4.69) is 29.8 Å². The molecule has 0 aliphatic carbocycles. The molecule has 0 aromatic heterocycles. The summed E-state index contributed by atoms with van der Waals surface area (Å²) in [6.45, 7) is 5.19. The molecule has 6 heteroatoms. The van der Waals surface area contributed by atoms with Gasteiger partial charge in [0.1, 0.15) is 0 Å². The van der Waals surface area contributed by atoms with E-state index in [1.54, 1.807) is 12.1 Å². The van der Waals surface area contributed by atoms with Crippen molar-refractivity contribution in [3.8, 4) is 11.5 Å². The van der Waals surface area contributed by atoms with Crippen molar-refractivity contribution in [3.05, 3.63) is 22.2 Å². The summed E-state index contributed by atoms with van der Waals surface area (Å²) in [5.74, 6) is -0.543. The van der Waals surface area contributed by atoms with E-state index in [-0.39, 0.29) is 12.0 Å². The minimum Gasteiger partial charge on any atom is -0.489 e. The van der Waals surface area contributed by atoms with Gasteiger partial charge in [-0.3, -0.25) is 4.79 Å². The van der Waals surface area contributed by atoms with Crippen molar-refractivity contribution in [1.29, 1.82) is 0 Å². The van der Waals surface area contributed by atoms with E-state index in [0.717, 1.165) is 0 Å². The van der Waals surface area contributed by atoms with Gasteiger partial charge in [-0.15, -0.1) is 0 Å². The zero-order chi connectivity index (χ0) is 14.9. The first-order valence-corrected chi connectivity index (χ1v) is 7.15. The first-order valence-electron chi connectivity index (χ1n) is 6.36. The minimum absolute atomic E-state index is 0.0269. The maximum absolute atomic E-state index is 11.2. The number of rotatable bonds is 3. The number of fused-ring (bicyclic) bond motifs is 1. The van der Waals surface area contributed by atoms with E-state index < -0.39 is 11.9 Å². The molecule has 1 atom stereocenters. The average molecular weight is 344 g/mol. The largest absolute Gasteiger partial charge is 0.489 e. The Kier molecular flexibility index (Phi) is 4.25. The van der Waals surface area contributed by atoms with E-state index in [0.29, 0.717) is 34.7 Å². The fraction of sp³-hybridized carbons (Fsp3) is 0.500. The van der Waals surface area contributed by atoms with Gasteiger partial charge in [0.05, 0.1) is 19.1 Å². The summed E-state index contributed by atoms with van der Waals surface area (Å²) in [4.78, 5) is 11.2. The molecule has 0 amide bonds. The smallest absolute Gasteiger partial charge is 0.312 e. The molecular formula is C14H18BrNO4. The van der Waals surface area contributed by atoms with Crippen LogP contribution in [0.3, 0.4) is 0 Å². The van der Waals surface area contributed by atoms with Gasteiger partial charge in [0, 0.05) is 16.4 Å². The molecule has 3 N–H and O–H groups in total. The summed E-state index contributed by atoms with van der Waals surface area (Å²) < 4.78 is 12.2.